The van der Waals surface area contributed by atoms with Crippen LogP contribution in [0, 0.1) is 5.92 Å². The zero-order valence-corrected chi connectivity index (χ0v) is 16.1. The molecule has 0 spiro atoms. The van der Waals surface area contributed by atoms with Gasteiger partial charge in [0, 0.05) is 35.6 Å². The SMILES string of the molecule is CC1CC(C(=O)Nc2nc(-c3ccc4c(c3)CCCC(=O)N4)cs2)CCO1. The van der Waals surface area contributed by atoms with Crippen LogP contribution < -0.4 is 10.6 Å². The highest BCUT2D eigenvalue weighted by molar-refractivity contribution is 7.14. The molecule has 2 aliphatic rings. The Balaban J connectivity index is 1.47. The molecule has 2 atom stereocenters. The fraction of sp³-hybridized carbons (Fsp3) is 0.450. The lowest BCUT2D eigenvalue weighted by Gasteiger charge is -2.25. The van der Waals surface area contributed by atoms with Crippen LogP contribution in [0.4, 0.5) is 10.8 Å². The molecule has 2 N–H and O–H groups in total. The minimum Gasteiger partial charge on any atom is -0.378 e. The van der Waals surface area contributed by atoms with E-state index in [0.29, 0.717) is 18.2 Å². The molecular formula is C20H23N3O3S. The monoisotopic (exact) mass is 385 g/mol. The molecule has 2 unspecified atom stereocenters. The van der Waals surface area contributed by atoms with Crippen molar-refractivity contribution in [3.05, 3.63) is 29.1 Å². The predicted molar refractivity (Wildman–Crippen MR) is 106 cm³/mol. The number of nitrogens with one attached hydrogen (secondary N) is 2. The molecular weight excluding hydrogens is 362 g/mol. The lowest BCUT2D eigenvalue weighted by Crippen LogP contribution is -2.32. The van der Waals surface area contributed by atoms with Gasteiger partial charge in [0.05, 0.1) is 11.8 Å². The summed E-state index contributed by atoms with van der Waals surface area (Å²) >= 11 is 1.44. The van der Waals surface area contributed by atoms with E-state index < -0.39 is 0 Å². The third-order valence-electron chi connectivity index (χ3n) is 5.12. The average Bonchev–Trinajstić information content (AvgIpc) is 3.03. The molecule has 0 aliphatic carbocycles. The molecule has 0 saturated carbocycles. The van der Waals surface area contributed by atoms with Gasteiger partial charge in [0.2, 0.25) is 11.8 Å². The lowest BCUT2D eigenvalue weighted by atomic mass is 9.95. The number of aromatic nitrogens is 1. The van der Waals surface area contributed by atoms with E-state index in [2.05, 4.69) is 21.7 Å². The molecule has 0 radical (unpaired) electrons. The number of anilines is 2. The van der Waals surface area contributed by atoms with Gasteiger partial charge in [-0.1, -0.05) is 6.07 Å². The van der Waals surface area contributed by atoms with Crippen molar-refractivity contribution < 1.29 is 14.3 Å². The summed E-state index contributed by atoms with van der Waals surface area (Å²) in [5.41, 5.74) is 3.86. The van der Waals surface area contributed by atoms with Gasteiger partial charge >= 0.3 is 0 Å². The number of benzene rings is 1. The number of carbonyl (C=O) groups is 2. The Morgan fingerprint density at radius 3 is 3.11 bits per heavy atom. The zero-order chi connectivity index (χ0) is 18.8. The summed E-state index contributed by atoms with van der Waals surface area (Å²) in [7, 11) is 0. The molecule has 27 heavy (non-hydrogen) atoms. The van der Waals surface area contributed by atoms with Gasteiger partial charge in [0.25, 0.3) is 0 Å². The van der Waals surface area contributed by atoms with E-state index in [1.54, 1.807) is 0 Å². The molecule has 1 saturated heterocycles. The number of hydrogen-bond donors (Lipinski definition) is 2. The van der Waals surface area contributed by atoms with Crippen molar-refractivity contribution in [1.82, 2.24) is 4.98 Å². The molecule has 1 aromatic heterocycles. The Morgan fingerprint density at radius 2 is 2.26 bits per heavy atom. The maximum Gasteiger partial charge on any atom is 0.229 e. The van der Waals surface area contributed by atoms with Crippen molar-refractivity contribution >= 4 is 34.0 Å². The van der Waals surface area contributed by atoms with Crippen LogP contribution in [-0.2, 0) is 20.7 Å². The predicted octanol–water partition coefficient (Wildman–Crippen LogP) is 3.84. The Kier molecular flexibility index (Phi) is 5.22. The second-order valence-electron chi connectivity index (χ2n) is 7.20. The van der Waals surface area contributed by atoms with Crippen LogP contribution in [0.3, 0.4) is 0 Å². The van der Waals surface area contributed by atoms with Gasteiger partial charge in [-0.25, -0.2) is 4.98 Å². The van der Waals surface area contributed by atoms with Crippen LogP contribution in [0.1, 0.15) is 38.2 Å². The Morgan fingerprint density at radius 1 is 1.37 bits per heavy atom. The standard InChI is InChI=1S/C20H23N3O3S/c1-12-9-15(7-8-26-12)19(25)23-20-22-17(11-27-20)14-5-6-16-13(10-14)3-2-4-18(24)21-16/h5-6,10-12,15H,2-4,7-9H2,1H3,(H,21,24)(H,22,23,25). The number of rotatable bonds is 3. The van der Waals surface area contributed by atoms with E-state index >= 15 is 0 Å². The van der Waals surface area contributed by atoms with Crippen molar-refractivity contribution in [2.75, 3.05) is 17.2 Å². The number of nitrogens with zero attached hydrogens (tertiary/aromatic N) is 1. The first-order valence-corrected chi connectivity index (χ1v) is 10.3. The topological polar surface area (TPSA) is 80.3 Å². The second kappa shape index (κ2) is 7.78. The van der Waals surface area contributed by atoms with E-state index in [9.17, 15) is 9.59 Å². The van der Waals surface area contributed by atoms with Crippen LogP contribution in [0.25, 0.3) is 11.3 Å². The summed E-state index contributed by atoms with van der Waals surface area (Å²) in [5.74, 6) is 0.0792. The highest BCUT2D eigenvalue weighted by Gasteiger charge is 2.26. The van der Waals surface area contributed by atoms with Gasteiger partial charge in [0.15, 0.2) is 5.13 Å². The van der Waals surface area contributed by atoms with Gasteiger partial charge in [-0.3, -0.25) is 9.59 Å². The van der Waals surface area contributed by atoms with Crippen LogP contribution in [-0.4, -0.2) is 29.5 Å². The summed E-state index contributed by atoms with van der Waals surface area (Å²) in [6.07, 6.45) is 3.91. The fourth-order valence-corrected chi connectivity index (χ4v) is 4.36. The quantitative estimate of drug-likeness (QED) is 0.841. The lowest BCUT2D eigenvalue weighted by molar-refractivity contribution is -0.124. The number of thiazole rings is 1. The maximum atomic E-state index is 12.5. The van der Waals surface area contributed by atoms with E-state index in [0.717, 1.165) is 48.2 Å². The maximum absolute atomic E-state index is 12.5. The van der Waals surface area contributed by atoms with Crippen molar-refractivity contribution in [3.8, 4) is 11.3 Å². The minimum atomic E-state index is -0.0165. The highest BCUT2D eigenvalue weighted by Crippen LogP contribution is 2.31. The first-order valence-electron chi connectivity index (χ1n) is 9.39. The number of carbonyl (C=O) groups excluding carboxylic acids is 2. The summed E-state index contributed by atoms with van der Waals surface area (Å²) in [6.45, 7) is 2.63. The molecule has 2 aliphatic heterocycles. The van der Waals surface area contributed by atoms with E-state index in [1.165, 1.54) is 11.3 Å². The Bertz CT molecular complexity index is 864. The molecule has 1 fully saturated rings. The molecule has 3 heterocycles. The molecule has 4 rings (SSSR count). The van der Waals surface area contributed by atoms with E-state index in [1.807, 2.05) is 24.4 Å². The number of aryl methyl sites for hydroxylation is 1. The smallest absolute Gasteiger partial charge is 0.229 e. The largest absolute Gasteiger partial charge is 0.378 e. The first kappa shape index (κ1) is 18.1. The number of hydrogen-bond acceptors (Lipinski definition) is 5. The van der Waals surface area contributed by atoms with Crippen molar-refractivity contribution in [3.63, 3.8) is 0 Å². The van der Waals surface area contributed by atoms with Gasteiger partial charge in [-0.2, -0.15) is 0 Å². The first-order chi connectivity index (χ1) is 13.1. The van der Waals surface area contributed by atoms with Crippen molar-refractivity contribution in [2.45, 2.75) is 45.1 Å². The second-order valence-corrected chi connectivity index (χ2v) is 8.06. The average molecular weight is 385 g/mol. The van der Waals surface area contributed by atoms with Crippen LogP contribution in [0.15, 0.2) is 23.6 Å². The van der Waals surface area contributed by atoms with Crippen LogP contribution >= 0.6 is 11.3 Å². The number of amides is 2. The minimum absolute atomic E-state index is 0.0165. The van der Waals surface area contributed by atoms with E-state index in [4.69, 9.17) is 4.74 Å². The van der Waals surface area contributed by atoms with Crippen LogP contribution in [0.5, 0.6) is 0 Å². The zero-order valence-electron chi connectivity index (χ0n) is 15.3. The molecule has 7 heteroatoms. The fourth-order valence-electron chi connectivity index (χ4n) is 3.64. The molecule has 142 valence electrons. The third kappa shape index (κ3) is 4.20. The molecule has 6 nitrogen and oxygen atoms in total. The highest BCUT2D eigenvalue weighted by atomic mass is 32.1. The summed E-state index contributed by atoms with van der Waals surface area (Å²) in [6, 6.07) is 5.99. The number of fused-ring (bicyclic) bond motifs is 1. The Labute approximate surface area is 162 Å². The van der Waals surface area contributed by atoms with Crippen LogP contribution in [0.2, 0.25) is 0 Å². The van der Waals surface area contributed by atoms with E-state index in [-0.39, 0.29) is 23.8 Å². The molecule has 1 aromatic carbocycles. The molecule has 2 aromatic rings. The van der Waals surface area contributed by atoms with Crippen molar-refractivity contribution in [2.24, 2.45) is 5.92 Å². The van der Waals surface area contributed by atoms with Gasteiger partial charge < -0.3 is 15.4 Å². The van der Waals surface area contributed by atoms with Gasteiger partial charge in [-0.15, -0.1) is 11.3 Å². The summed E-state index contributed by atoms with van der Waals surface area (Å²) in [5, 5.41) is 8.48. The van der Waals surface area contributed by atoms with Gasteiger partial charge in [-0.05, 0) is 50.3 Å². The molecule has 2 amide bonds. The summed E-state index contributed by atoms with van der Waals surface area (Å²) < 4.78 is 5.51. The van der Waals surface area contributed by atoms with Crippen molar-refractivity contribution in [1.29, 1.82) is 0 Å². The third-order valence-corrected chi connectivity index (χ3v) is 5.87. The molecule has 0 bridgehead atoms. The number of ether oxygens (including phenoxy) is 1. The summed E-state index contributed by atoms with van der Waals surface area (Å²) in [4.78, 5) is 28.8. The Hall–Kier alpha value is -2.25. The normalized spacial score (nSPS) is 22.5. The van der Waals surface area contributed by atoms with Gasteiger partial charge in [0.1, 0.15) is 0 Å².